The molecule has 0 amide bonds. The van der Waals surface area contributed by atoms with Gasteiger partial charge in [-0.05, 0) is 19.2 Å². The van der Waals surface area contributed by atoms with E-state index in [1.165, 1.54) is 5.69 Å². The van der Waals surface area contributed by atoms with E-state index in [4.69, 9.17) is 0 Å². The highest BCUT2D eigenvalue weighted by molar-refractivity contribution is 5.43. The second kappa shape index (κ2) is 4.72. The summed E-state index contributed by atoms with van der Waals surface area (Å²) in [5.74, 6) is 0. The molecule has 0 fully saturated rings. The molecule has 0 radical (unpaired) electrons. The Bertz CT molecular complexity index is 210. The number of hydrogen-bond acceptors (Lipinski definition) is 3. The number of pyridine rings is 1. The average Bonchev–Trinajstić information content (AvgIpc) is 2.15. The van der Waals surface area contributed by atoms with Gasteiger partial charge in [-0.1, -0.05) is 0 Å². The number of nitrogens with zero attached hydrogens (tertiary/aromatic N) is 2. The largest absolute Gasteiger partial charge is 0.373 e. The SMILES string of the molecule is CNCCN(C)c1ccncc1. The summed E-state index contributed by atoms with van der Waals surface area (Å²) < 4.78 is 0. The summed E-state index contributed by atoms with van der Waals surface area (Å²) in [6, 6.07) is 4.02. The third-order valence-corrected chi connectivity index (χ3v) is 1.80. The van der Waals surface area contributed by atoms with Gasteiger partial charge in [0.2, 0.25) is 0 Å². The zero-order chi connectivity index (χ0) is 8.81. The van der Waals surface area contributed by atoms with E-state index >= 15 is 0 Å². The highest BCUT2D eigenvalue weighted by Gasteiger charge is 1.96. The quantitative estimate of drug-likeness (QED) is 0.713. The van der Waals surface area contributed by atoms with Crippen molar-refractivity contribution < 1.29 is 0 Å². The van der Waals surface area contributed by atoms with Crippen LogP contribution in [0.25, 0.3) is 0 Å². The Hall–Kier alpha value is -1.09. The zero-order valence-corrected chi connectivity index (χ0v) is 7.62. The standard InChI is InChI=1S/C9H15N3/c1-10-7-8-12(2)9-3-5-11-6-4-9/h3-6,10H,7-8H2,1-2H3. The van der Waals surface area contributed by atoms with Crippen LogP contribution < -0.4 is 10.2 Å². The summed E-state index contributed by atoms with van der Waals surface area (Å²) in [7, 11) is 4.03. The summed E-state index contributed by atoms with van der Waals surface area (Å²) >= 11 is 0. The third-order valence-electron chi connectivity index (χ3n) is 1.80. The molecule has 0 atom stereocenters. The van der Waals surface area contributed by atoms with Crippen LogP contribution in [0.1, 0.15) is 0 Å². The minimum atomic E-state index is 0.999. The Morgan fingerprint density at radius 2 is 2.08 bits per heavy atom. The predicted octanol–water partition coefficient (Wildman–Crippen LogP) is 0.737. The van der Waals surface area contributed by atoms with Gasteiger partial charge >= 0.3 is 0 Å². The van der Waals surface area contributed by atoms with Crippen molar-refractivity contribution in [3.63, 3.8) is 0 Å². The van der Waals surface area contributed by atoms with Gasteiger partial charge in [-0.2, -0.15) is 0 Å². The first-order valence-electron chi connectivity index (χ1n) is 4.10. The maximum absolute atomic E-state index is 3.97. The average molecular weight is 165 g/mol. The summed E-state index contributed by atoms with van der Waals surface area (Å²) in [5, 5.41) is 3.11. The summed E-state index contributed by atoms with van der Waals surface area (Å²) in [5.41, 5.74) is 1.21. The van der Waals surface area contributed by atoms with Crippen LogP contribution in [-0.2, 0) is 0 Å². The van der Waals surface area contributed by atoms with Gasteiger partial charge in [0.25, 0.3) is 0 Å². The molecule has 0 bridgehead atoms. The molecule has 1 rings (SSSR count). The van der Waals surface area contributed by atoms with E-state index in [0.717, 1.165) is 13.1 Å². The first-order chi connectivity index (χ1) is 5.84. The maximum Gasteiger partial charge on any atom is 0.0394 e. The van der Waals surface area contributed by atoms with E-state index < -0.39 is 0 Å². The lowest BCUT2D eigenvalue weighted by Crippen LogP contribution is -2.26. The topological polar surface area (TPSA) is 28.2 Å². The van der Waals surface area contributed by atoms with Gasteiger partial charge in [0.05, 0.1) is 0 Å². The van der Waals surface area contributed by atoms with E-state index in [9.17, 15) is 0 Å². The molecule has 0 spiro atoms. The van der Waals surface area contributed by atoms with Gasteiger partial charge in [0, 0.05) is 38.2 Å². The Morgan fingerprint density at radius 3 is 2.67 bits per heavy atom. The van der Waals surface area contributed by atoms with E-state index in [1.54, 1.807) is 0 Å². The number of hydrogen-bond donors (Lipinski definition) is 1. The van der Waals surface area contributed by atoms with Gasteiger partial charge in [-0.3, -0.25) is 4.98 Å². The Labute approximate surface area is 73.4 Å². The van der Waals surface area contributed by atoms with Crippen LogP contribution in [0.5, 0.6) is 0 Å². The highest BCUT2D eigenvalue weighted by atomic mass is 15.1. The number of nitrogens with one attached hydrogen (secondary N) is 1. The molecular weight excluding hydrogens is 150 g/mol. The first-order valence-corrected chi connectivity index (χ1v) is 4.10. The smallest absolute Gasteiger partial charge is 0.0394 e. The molecule has 1 heterocycles. The van der Waals surface area contributed by atoms with Crippen LogP contribution in [-0.4, -0.2) is 32.2 Å². The van der Waals surface area contributed by atoms with Crippen molar-refractivity contribution in [2.24, 2.45) is 0 Å². The Kier molecular flexibility index (Phi) is 3.54. The minimum absolute atomic E-state index is 0.999. The molecule has 3 nitrogen and oxygen atoms in total. The Balaban J connectivity index is 2.48. The van der Waals surface area contributed by atoms with Gasteiger partial charge in [-0.15, -0.1) is 0 Å². The van der Waals surface area contributed by atoms with Crippen LogP contribution in [0.4, 0.5) is 5.69 Å². The molecule has 1 aromatic heterocycles. The summed E-state index contributed by atoms with van der Waals surface area (Å²) in [4.78, 5) is 6.16. The fourth-order valence-electron chi connectivity index (χ4n) is 1.01. The van der Waals surface area contributed by atoms with Crippen LogP contribution in [0.2, 0.25) is 0 Å². The van der Waals surface area contributed by atoms with Crippen molar-refractivity contribution in [2.45, 2.75) is 0 Å². The fraction of sp³-hybridized carbons (Fsp3) is 0.444. The first kappa shape index (κ1) is 9.00. The summed E-state index contributed by atoms with van der Waals surface area (Å²) in [6.07, 6.45) is 3.62. The number of anilines is 1. The van der Waals surface area contributed by atoms with E-state index in [-0.39, 0.29) is 0 Å². The normalized spacial score (nSPS) is 9.83. The zero-order valence-electron chi connectivity index (χ0n) is 7.62. The van der Waals surface area contributed by atoms with Crippen molar-refractivity contribution in [1.82, 2.24) is 10.3 Å². The molecule has 0 aliphatic heterocycles. The van der Waals surface area contributed by atoms with Gasteiger partial charge in [0.15, 0.2) is 0 Å². The molecule has 0 saturated carbocycles. The van der Waals surface area contributed by atoms with Crippen molar-refractivity contribution in [2.75, 3.05) is 32.1 Å². The monoisotopic (exact) mass is 165 g/mol. The molecule has 0 aliphatic rings. The second-order valence-electron chi connectivity index (χ2n) is 2.73. The number of rotatable bonds is 4. The lowest BCUT2D eigenvalue weighted by molar-refractivity contribution is 0.767. The fourth-order valence-corrected chi connectivity index (χ4v) is 1.01. The summed E-state index contributed by atoms with van der Waals surface area (Å²) in [6.45, 7) is 2.01. The lowest BCUT2D eigenvalue weighted by Gasteiger charge is -2.18. The van der Waals surface area contributed by atoms with Crippen molar-refractivity contribution >= 4 is 5.69 Å². The van der Waals surface area contributed by atoms with Crippen LogP contribution in [0.15, 0.2) is 24.5 Å². The second-order valence-corrected chi connectivity index (χ2v) is 2.73. The van der Waals surface area contributed by atoms with Crippen molar-refractivity contribution in [1.29, 1.82) is 0 Å². The van der Waals surface area contributed by atoms with Crippen molar-refractivity contribution in [3.8, 4) is 0 Å². The molecule has 66 valence electrons. The van der Waals surface area contributed by atoms with Crippen LogP contribution in [0.3, 0.4) is 0 Å². The molecule has 1 N–H and O–H groups in total. The molecule has 1 aromatic rings. The maximum atomic E-state index is 3.97. The van der Waals surface area contributed by atoms with Crippen LogP contribution >= 0.6 is 0 Å². The van der Waals surface area contributed by atoms with E-state index in [1.807, 2.05) is 31.6 Å². The minimum Gasteiger partial charge on any atom is -0.373 e. The molecule has 12 heavy (non-hydrogen) atoms. The van der Waals surface area contributed by atoms with Gasteiger partial charge < -0.3 is 10.2 Å². The van der Waals surface area contributed by atoms with Crippen molar-refractivity contribution in [3.05, 3.63) is 24.5 Å². The lowest BCUT2D eigenvalue weighted by atomic mass is 10.3. The number of aromatic nitrogens is 1. The third kappa shape index (κ3) is 2.51. The van der Waals surface area contributed by atoms with E-state index in [2.05, 4.69) is 22.2 Å². The molecular formula is C9H15N3. The predicted molar refractivity (Wildman–Crippen MR) is 51.4 cm³/mol. The van der Waals surface area contributed by atoms with E-state index in [0.29, 0.717) is 0 Å². The molecule has 0 unspecified atom stereocenters. The molecule has 0 aromatic carbocycles. The van der Waals surface area contributed by atoms with Gasteiger partial charge in [-0.25, -0.2) is 0 Å². The Morgan fingerprint density at radius 1 is 1.42 bits per heavy atom. The molecule has 3 heteroatoms. The highest BCUT2D eigenvalue weighted by Crippen LogP contribution is 2.07. The number of likely N-dealkylation sites (N-methyl/N-ethyl adjacent to an activating group) is 2. The molecule has 0 saturated heterocycles. The molecule has 0 aliphatic carbocycles. The van der Waals surface area contributed by atoms with Gasteiger partial charge in [0.1, 0.15) is 0 Å². The van der Waals surface area contributed by atoms with Crippen LogP contribution in [0, 0.1) is 0 Å².